The van der Waals surface area contributed by atoms with Gasteiger partial charge in [-0.25, -0.2) is 0 Å². The van der Waals surface area contributed by atoms with Gasteiger partial charge in [0.15, 0.2) is 11.5 Å². The van der Waals surface area contributed by atoms with Gasteiger partial charge in [0.1, 0.15) is 11.5 Å². The third-order valence-corrected chi connectivity index (χ3v) is 3.00. The van der Waals surface area contributed by atoms with Crippen molar-refractivity contribution >= 4 is 11.6 Å². The maximum absolute atomic E-state index is 9.29. The second kappa shape index (κ2) is 4.99. The van der Waals surface area contributed by atoms with Crippen molar-refractivity contribution in [2.45, 2.75) is 6.61 Å². The van der Waals surface area contributed by atoms with E-state index in [9.17, 15) is 5.11 Å². The van der Waals surface area contributed by atoms with Crippen molar-refractivity contribution in [3.63, 3.8) is 0 Å². The molecule has 4 nitrogen and oxygen atoms in total. The number of fused-ring (bicyclic) bond motifs is 1. The summed E-state index contributed by atoms with van der Waals surface area (Å²) in [5, 5.41) is 9.85. The summed E-state index contributed by atoms with van der Waals surface area (Å²) < 4.78 is 16.2. The first kappa shape index (κ1) is 12.1. The number of aliphatic hydroxyl groups is 1. The molecule has 0 saturated heterocycles. The molecule has 2 aromatic rings. The minimum Gasteiger partial charge on any atom is -0.457 e. The molecule has 1 heterocycles. The molecule has 5 heteroatoms. The molecule has 0 fully saturated rings. The van der Waals surface area contributed by atoms with Crippen LogP contribution in [0.15, 0.2) is 36.4 Å². The second-order valence-corrected chi connectivity index (χ2v) is 4.46. The highest BCUT2D eigenvalue weighted by Gasteiger charge is 2.14. The van der Waals surface area contributed by atoms with Crippen LogP contribution in [0.5, 0.6) is 23.0 Å². The summed E-state index contributed by atoms with van der Waals surface area (Å²) in [6.45, 7) is 0.0854. The molecule has 1 N–H and O–H groups in total. The first-order valence-corrected chi connectivity index (χ1v) is 6.11. The molecule has 1 aliphatic rings. The van der Waals surface area contributed by atoms with Crippen molar-refractivity contribution in [2.24, 2.45) is 0 Å². The second-order valence-electron chi connectivity index (χ2n) is 4.03. The van der Waals surface area contributed by atoms with E-state index in [4.69, 9.17) is 25.8 Å². The van der Waals surface area contributed by atoms with Crippen LogP contribution < -0.4 is 14.2 Å². The Morgan fingerprint density at radius 3 is 2.79 bits per heavy atom. The summed E-state index contributed by atoms with van der Waals surface area (Å²) in [4.78, 5) is 0. The zero-order chi connectivity index (χ0) is 13.2. The highest BCUT2D eigenvalue weighted by atomic mass is 35.5. The van der Waals surface area contributed by atoms with Crippen LogP contribution in [0.25, 0.3) is 0 Å². The SMILES string of the molecule is OCc1cc(Cl)ccc1Oc1ccc2c(c1)OCO2. The lowest BCUT2D eigenvalue weighted by atomic mass is 10.2. The van der Waals surface area contributed by atoms with Gasteiger partial charge >= 0.3 is 0 Å². The van der Waals surface area contributed by atoms with E-state index in [1.54, 1.807) is 36.4 Å². The van der Waals surface area contributed by atoms with Crippen LogP contribution in [-0.2, 0) is 6.61 Å². The summed E-state index contributed by atoms with van der Waals surface area (Å²) in [6.07, 6.45) is 0. The minimum atomic E-state index is -0.138. The standard InChI is InChI=1S/C14H11ClO4/c15-10-1-3-12(9(5-10)7-16)19-11-2-4-13-14(6-11)18-8-17-13/h1-6,16H,7-8H2. The Bertz CT molecular complexity index is 612. The lowest BCUT2D eigenvalue weighted by molar-refractivity contribution is 0.174. The number of aliphatic hydroxyl groups excluding tert-OH is 1. The molecule has 0 aromatic heterocycles. The summed E-state index contributed by atoms with van der Waals surface area (Å²) >= 11 is 5.87. The predicted octanol–water partition coefficient (Wildman–Crippen LogP) is 3.35. The highest BCUT2D eigenvalue weighted by molar-refractivity contribution is 6.30. The Hall–Kier alpha value is -1.91. The molecule has 0 atom stereocenters. The quantitative estimate of drug-likeness (QED) is 0.935. The summed E-state index contributed by atoms with van der Waals surface area (Å²) in [5.41, 5.74) is 0.630. The number of hydrogen-bond donors (Lipinski definition) is 1. The third kappa shape index (κ3) is 2.45. The molecule has 98 valence electrons. The van der Waals surface area contributed by atoms with Crippen molar-refractivity contribution < 1.29 is 19.3 Å². The van der Waals surface area contributed by atoms with Crippen LogP contribution in [-0.4, -0.2) is 11.9 Å². The van der Waals surface area contributed by atoms with E-state index in [1.807, 2.05) is 0 Å². The zero-order valence-electron chi connectivity index (χ0n) is 9.93. The van der Waals surface area contributed by atoms with Gasteiger partial charge in [-0.2, -0.15) is 0 Å². The number of benzene rings is 2. The number of rotatable bonds is 3. The van der Waals surface area contributed by atoms with E-state index < -0.39 is 0 Å². The number of ether oxygens (including phenoxy) is 3. The molecule has 0 unspecified atom stereocenters. The minimum absolute atomic E-state index is 0.138. The van der Waals surface area contributed by atoms with Crippen LogP contribution in [0.2, 0.25) is 5.02 Å². The van der Waals surface area contributed by atoms with Gasteiger partial charge < -0.3 is 19.3 Å². The van der Waals surface area contributed by atoms with Crippen LogP contribution in [0, 0.1) is 0 Å². The Kier molecular flexibility index (Phi) is 3.19. The van der Waals surface area contributed by atoms with E-state index in [0.29, 0.717) is 33.6 Å². The monoisotopic (exact) mass is 278 g/mol. The summed E-state index contributed by atoms with van der Waals surface area (Å²) in [7, 11) is 0. The fourth-order valence-corrected chi connectivity index (χ4v) is 2.03. The zero-order valence-corrected chi connectivity index (χ0v) is 10.7. The maximum atomic E-state index is 9.29. The molecule has 0 saturated carbocycles. The van der Waals surface area contributed by atoms with Gasteiger partial charge in [0.05, 0.1) is 6.61 Å². The highest BCUT2D eigenvalue weighted by Crippen LogP contribution is 2.37. The molecular formula is C14H11ClO4. The largest absolute Gasteiger partial charge is 0.457 e. The van der Waals surface area contributed by atoms with Crippen LogP contribution in [0.4, 0.5) is 0 Å². The van der Waals surface area contributed by atoms with Gasteiger partial charge in [0.2, 0.25) is 6.79 Å². The number of halogens is 1. The van der Waals surface area contributed by atoms with Crippen LogP contribution >= 0.6 is 11.6 Å². The molecule has 3 rings (SSSR count). The molecule has 0 bridgehead atoms. The number of hydrogen-bond acceptors (Lipinski definition) is 4. The van der Waals surface area contributed by atoms with E-state index in [0.717, 1.165) is 0 Å². The van der Waals surface area contributed by atoms with Gasteiger partial charge in [-0.3, -0.25) is 0 Å². The van der Waals surface area contributed by atoms with E-state index in [1.165, 1.54) is 0 Å². The van der Waals surface area contributed by atoms with Crippen molar-refractivity contribution in [1.29, 1.82) is 0 Å². The van der Waals surface area contributed by atoms with Crippen LogP contribution in [0.1, 0.15) is 5.56 Å². The van der Waals surface area contributed by atoms with Crippen molar-refractivity contribution in [3.05, 3.63) is 47.0 Å². The third-order valence-electron chi connectivity index (χ3n) is 2.76. The Morgan fingerprint density at radius 2 is 1.95 bits per heavy atom. The Balaban J connectivity index is 1.89. The topological polar surface area (TPSA) is 47.9 Å². The lowest BCUT2D eigenvalue weighted by Crippen LogP contribution is -1.93. The van der Waals surface area contributed by atoms with Crippen molar-refractivity contribution in [3.8, 4) is 23.0 Å². The van der Waals surface area contributed by atoms with Crippen LogP contribution in [0.3, 0.4) is 0 Å². The fourth-order valence-electron chi connectivity index (χ4n) is 1.84. The van der Waals surface area contributed by atoms with Gasteiger partial charge in [-0.15, -0.1) is 0 Å². The first-order valence-electron chi connectivity index (χ1n) is 5.73. The molecule has 0 spiro atoms. The molecular weight excluding hydrogens is 268 g/mol. The normalized spacial score (nSPS) is 12.5. The summed E-state index contributed by atoms with van der Waals surface area (Å²) in [6, 6.07) is 10.4. The van der Waals surface area contributed by atoms with E-state index in [2.05, 4.69) is 0 Å². The van der Waals surface area contributed by atoms with Gasteiger partial charge in [-0.1, -0.05) is 11.6 Å². The smallest absolute Gasteiger partial charge is 0.231 e. The molecule has 0 radical (unpaired) electrons. The van der Waals surface area contributed by atoms with E-state index in [-0.39, 0.29) is 13.4 Å². The molecule has 0 amide bonds. The van der Waals surface area contributed by atoms with Gasteiger partial charge in [0.25, 0.3) is 0 Å². The summed E-state index contributed by atoms with van der Waals surface area (Å²) in [5.74, 6) is 2.52. The molecule has 0 aliphatic carbocycles. The Morgan fingerprint density at radius 1 is 1.11 bits per heavy atom. The lowest BCUT2D eigenvalue weighted by Gasteiger charge is -2.10. The maximum Gasteiger partial charge on any atom is 0.231 e. The van der Waals surface area contributed by atoms with Gasteiger partial charge in [0, 0.05) is 16.7 Å². The van der Waals surface area contributed by atoms with E-state index >= 15 is 0 Å². The van der Waals surface area contributed by atoms with Crippen molar-refractivity contribution in [1.82, 2.24) is 0 Å². The molecule has 1 aliphatic heterocycles. The fraction of sp³-hybridized carbons (Fsp3) is 0.143. The molecule has 2 aromatic carbocycles. The van der Waals surface area contributed by atoms with Gasteiger partial charge in [-0.05, 0) is 30.3 Å². The average molecular weight is 279 g/mol. The molecule has 19 heavy (non-hydrogen) atoms. The average Bonchev–Trinajstić information content (AvgIpc) is 2.88. The predicted molar refractivity (Wildman–Crippen MR) is 70.0 cm³/mol. The Labute approximate surface area is 115 Å². The van der Waals surface area contributed by atoms with Crippen molar-refractivity contribution in [2.75, 3.05) is 6.79 Å². The first-order chi connectivity index (χ1) is 9.26.